The van der Waals surface area contributed by atoms with Crippen molar-refractivity contribution in [3.05, 3.63) is 59.7 Å². The number of fused-ring (bicyclic) bond motifs is 1. The van der Waals surface area contributed by atoms with E-state index < -0.39 is 10.0 Å². The predicted molar refractivity (Wildman–Crippen MR) is 113 cm³/mol. The van der Waals surface area contributed by atoms with Gasteiger partial charge in [0.15, 0.2) is 0 Å². The van der Waals surface area contributed by atoms with Crippen LogP contribution in [0, 0.1) is 0 Å². The normalized spacial score (nSPS) is 19.4. The summed E-state index contributed by atoms with van der Waals surface area (Å²) in [5.74, 6) is -0.105. The van der Waals surface area contributed by atoms with Crippen LogP contribution in [0.4, 0.5) is 5.69 Å². The molecule has 7 heteroatoms. The van der Waals surface area contributed by atoms with Crippen LogP contribution >= 0.6 is 0 Å². The molecule has 0 radical (unpaired) electrons. The first-order chi connectivity index (χ1) is 13.9. The molecule has 0 aromatic heterocycles. The Morgan fingerprint density at radius 2 is 1.79 bits per heavy atom. The van der Waals surface area contributed by atoms with E-state index in [1.807, 2.05) is 13.1 Å². The van der Waals surface area contributed by atoms with Crippen LogP contribution in [0.15, 0.2) is 53.4 Å². The number of anilines is 1. The highest BCUT2D eigenvalue weighted by molar-refractivity contribution is 7.89. The van der Waals surface area contributed by atoms with E-state index >= 15 is 0 Å². The van der Waals surface area contributed by atoms with Gasteiger partial charge in [0.05, 0.1) is 11.4 Å². The zero-order valence-electron chi connectivity index (χ0n) is 16.7. The molecule has 2 aliphatic rings. The molecule has 0 spiro atoms. The Morgan fingerprint density at radius 3 is 2.52 bits per heavy atom. The van der Waals surface area contributed by atoms with Crippen LogP contribution in [0.5, 0.6) is 0 Å². The first-order valence-corrected chi connectivity index (χ1v) is 11.6. The molecule has 154 valence electrons. The average Bonchev–Trinajstić information content (AvgIpc) is 3.39. The molecule has 0 bridgehead atoms. The molecule has 4 rings (SSSR count). The van der Waals surface area contributed by atoms with E-state index in [9.17, 15) is 13.2 Å². The van der Waals surface area contributed by atoms with Crippen LogP contribution in [-0.2, 0) is 21.2 Å². The molecule has 29 heavy (non-hydrogen) atoms. The summed E-state index contributed by atoms with van der Waals surface area (Å²) in [4.78, 5) is 14.9. The van der Waals surface area contributed by atoms with Gasteiger partial charge < -0.3 is 5.32 Å². The highest BCUT2D eigenvalue weighted by Gasteiger charge is 2.28. The minimum absolute atomic E-state index is 0.105. The number of aryl methyl sites for hydroxylation is 1. The molecule has 1 aliphatic heterocycles. The van der Waals surface area contributed by atoms with Crippen LogP contribution in [0.25, 0.3) is 0 Å². The first kappa shape index (κ1) is 20.1. The second-order valence-corrected chi connectivity index (χ2v) is 9.79. The SMILES string of the molecule is CN(CC(=O)Nc1ccc(S(=O)(=O)N2CCCC2)cc1)[C@@H]1CCc2ccccc21. The standard InChI is InChI=1S/C22H27N3O3S/c1-24(21-13-8-17-6-2-3-7-20(17)21)16-22(26)23-18-9-11-19(12-10-18)29(27,28)25-14-4-5-15-25/h2-3,6-7,9-12,21H,4-5,8,13-16H2,1H3,(H,23,26)/t21-/m1/s1. The van der Waals surface area contributed by atoms with Gasteiger partial charge in [0.1, 0.15) is 0 Å². The topological polar surface area (TPSA) is 69.7 Å². The summed E-state index contributed by atoms with van der Waals surface area (Å²) in [5.41, 5.74) is 3.27. The van der Waals surface area contributed by atoms with Crippen LogP contribution in [-0.4, -0.2) is 50.2 Å². The largest absolute Gasteiger partial charge is 0.325 e. The number of likely N-dealkylation sites (N-methyl/N-ethyl adjacent to an activating group) is 1. The van der Waals surface area contributed by atoms with Gasteiger partial charge in [-0.05, 0) is 68.1 Å². The summed E-state index contributed by atoms with van der Waals surface area (Å²) < 4.78 is 26.7. The molecule has 1 amide bonds. The van der Waals surface area contributed by atoms with Gasteiger partial charge in [-0.15, -0.1) is 0 Å². The molecule has 1 N–H and O–H groups in total. The molecule has 1 fully saturated rings. The highest BCUT2D eigenvalue weighted by Crippen LogP contribution is 2.34. The van der Waals surface area contributed by atoms with E-state index in [1.54, 1.807) is 24.3 Å². The van der Waals surface area contributed by atoms with Crippen molar-refractivity contribution in [3.63, 3.8) is 0 Å². The third kappa shape index (κ3) is 4.22. The fourth-order valence-electron chi connectivity index (χ4n) is 4.32. The molecular formula is C22H27N3O3S. The molecule has 1 aliphatic carbocycles. The fraction of sp³-hybridized carbons (Fsp3) is 0.409. The van der Waals surface area contributed by atoms with Crippen molar-refractivity contribution < 1.29 is 13.2 Å². The van der Waals surface area contributed by atoms with Crippen LogP contribution < -0.4 is 5.32 Å². The lowest BCUT2D eigenvalue weighted by Crippen LogP contribution is -2.32. The number of nitrogens with one attached hydrogen (secondary N) is 1. The van der Waals surface area contributed by atoms with Gasteiger partial charge in [0.2, 0.25) is 15.9 Å². The second-order valence-electron chi connectivity index (χ2n) is 7.85. The first-order valence-electron chi connectivity index (χ1n) is 10.1. The van der Waals surface area contributed by atoms with Gasteiger partial charge in [-0.1, -0.05) is 24.3 Å². The maximum absolute atomic E-state index is 12.6. The van der Waals surface area contributed by atoms with Gasteiger partial charge in [0, 0.05) is 24.8 Å². The minimum atomic E-state index is -3.43. The van der Waals surface area contributed by atoms with Crippen molar-refractivity contribution in [2.75, 3.05) is 32.0 Å². The molecular weight excluding hydrogens is 386 g/mol. The molecule has 0 unspecified atom stereocenters. The molecule has 2 aromatic carbocycles. The van der Waals surface area contributed by atoms with Crippen LogP contribution in [0.3, 0.4) is 0 Å². The number of nitrogens with zero attached hydrogens (tertiary/aromatic N) is 2. The average molecular weight is 414 g/mol. The number of hydrogen-bond donors (Lipinski definition) is 1. The lowest BCUT2D eigenvalue weighted by atomic mass is 10.1. The number of rotatable bonds is 6. The second kappa shape index (κ2) is 8.26. The molecule has 1 heterocycles. The van der Waals surface area contributed by atoms with E-state index in [4.69, 9.17) is 0 Å². The smallest absolute Gasteiger partial charge is 0.243 e. The van der Waals surface area contributed by atoms with Gasteiger partial charge in [-0.3, -0.25) is 9.69 Å². The fourth-order valence-corrected chi connectivity index (χ4v) is 5.83. The summed E-state index contributed by atoms with van der Waals surface area (Å²) in [6.07, 6.45) is 3.88. The third-order valence-corrected chi connectivity index (χ3v) is 7.78. The van der Waals surface area contributed by atoms with E-state index in [2.05, 4.69) is 28.4 Å². The van der Waals surface area contributed by atoms with E-state index in [0.717, 1.165) is 25.7 Å². The summed E-state index contributed by atoms with van der Waals surface area (Å²) in [6.45, 7) is 1.45. The number of carbonyl (C=O) groups excluding carboxylic acids is 1. The quantitative estimate of drug-likeness (QED) is 0.790. The highest BCUT2D eigenvalue weighted by atomic mass is 32.2. The zero-order valence-corrected chi connectivity index (χ0v) is 17.5. The number of amides is 1. The monoisotopic (exact) mass is 413 g/mol. The maximum Gasteiger partial charge on any atom is 0.243 e. The van der Waals surface area contributed by atoms with E-state index in [1.165, 1.54) is 15.4 Å². The van der Waals surface area contributed by atoms with Gasteiger partial charge >= 0.3 is 0 Å². The molecule has 2 aromatic rings. The number of sulfonamides is 1. The summed E-state index contributed by atoms with van der Waals surface area (Å²) in [5, 5.41) is 2.88. The van der Waals surface area contributed by atoms with E-state index in [-0.39, 0.29) is 23.4 Å². The van der Waals surface area contributed by atoms with Crippen LogP contribution in [0.2, 0.25) is 0 Å². The third-order valence-electron chi connectivity index (χ3n) is 5.87. The minimum Gasteiger partial charge on any atom is -0.325 e. The van der Waals surface area contributed by atoms with E-state index in [0.29, 0.717) is 18.8 Å². The Labute approximate surface area is 172 Å². The molecule has 1 atom stereocenters. The van der Waals surface area contributed by atoms with Crippen molar-refractivity contribution in [1.29, 1.82) is 0 Å². The Morgan fingerprint density at radius 1 is 1.10 bits per heavy atom. The van der Waals surface area contributed by atoms with Gasteiger partial charge in [0.25, 0.3) is 0 Å². The number of benzene rings is 2. The van der Waals surface area contributed by atoms with Gasteiger partial charge in [-0.25, -0.2) is 8.42 Å². The summed E-state index contributed by atoms with van der Waals surface area (Å²) >= 11 is 0. The van der Waals surface area contributed by atoms with Crippen molar-refractivity contribution in [1.82, 2.24) is 9.21 Å². The number of hydrogen-bond acceptors (Lipinski definition) is 4. The Balaban J connectivity index is 1.36. The lowest BCUT2D eigenvalue weighted by molar-refractivity contribution is -0.117. The molecule has 1 saturated heterocycles. The maximum atomic E-state index is 12.6. The van der Waals surface area contributed by atoms with Crippen molar-refractivity contribution in [2.45, 2.75) is 36.6 Å². The summed E-state index contributed by atoms with van der Waals surface area (Å²) in [7, 11) is -1.46. The van der Waals surface area contributed by atoms with Crippen molar-refractivity contribution in [3.8, 4) is 0 Å². The van der Waals surface area contributed by atoms with Gasteiger partial charge in [-0.2, -0.15) is 4.31 Å². The van der Waals surface area contributed by atoms with Crippen molar-refractivity contribution >= 4 is 21.6 Å². The Bertz CT molecular complexity index is 983. The Hall–Kier alpha value is -2.22. The van der Waals surface area contributed by atoms with Crippen LogP contribution in [0.1, 0.15) is 36.4 Å². The lowest BCUT2D eigenvalue weighted by Gasteiger charge is -2.24. The number of carbonyl (C=O) groups is 1. The van der Waals surface area contributed by atoms with Crippen molar-refractivity contribution in [2.24, 2.45) is 0 Å². The summed E-state index contributed by atoms with van der Waals surface area (Å²) in [6, 6.07) is 15.1. The molecule has 0 saturated carbocycles. The zero-order chi connectivity index (χ0) is 20.4. The Kier molecular flexibility index (Phi) is 5.72. The predicted octanol–water partition coefficient (Wildman–Crippen LogP) is 3.03. The molecule has 6 nitrogen and oxygen atoms in total.